The van der Waals surface area contributed by atoms with Crippen LogP contribution in [0.3, 0.4) is 0 Å². The molecule has 1 aliphatic rings. The molecule has 0 amide bonds. The van der Waals surface area contributed by atoms with Crippen LogP contribution in [-0.2, 0) is 0 Å². The van der Waals surface area contributed by atoms with Crippen LogP contribution >= 0.6 is 0 Å². The first-order valence-corrected chi connectivity index (χ1v) is 8.17. The molecule has 0 spiro atoms. The Morgan fingerprint density at radius 3 is 2.22 bits per heavy atom. The summed E-state index contributed by atoms with van der Waals surface area (Å²) in [6.45, 7) is 13.2. The third-order valence-corrected chi connectivity index (χ3v) is 4.76. The highest BCUT2D eigenvalue weighted by Crippen LogP contribution is 2.29. The highest BCUT2D eigenvalue weighted by molar-refractivity contribution is 4.97. The van der Waals surface area contributed by atoms with Crippen LogP contribution in [0.5, 0.6) is 0 Å². The summed E-state index contributed by atoms with van der Waals surface area (Å²) >= 11 is 0. The molecule has 1 N–H and O–H groups in total. The molecule has 0 aromatic rings. The van der Waals surface area contributed by atoms with E-state index in [9.17, 15) is 0 Å². The van der Waals surface area contributed by atoms with E-state index in [1.807, 2.05) is 0 Å². The number of rotatable bonds is 8. The van der Waals surface area contributed by atoms with E-state index >= 15 is 0 Å². The van der Waals surface area contributed by atoms with Crippen molar-refractivity contribution in [3.63, 3.8) is 0 Å². The molecule has 0 aromatic carbocycles. The Bertz CT molecular complexity index is 211. The van der Waals surface area contributed by atoms with Crippen LogP contribution in [0, 0.1) is 0 Å². The summed E-state index contributed by atoms with van der Waals surface area (Å²) in [5.41, 5.74) is 0.353. The first-order chi connectivity index (χ1) is 8.69. The topological polar surface area (TPSA) is 15.3 Å². The smallest absolute Gasteiger partial charge is 0.0331 e. The summed E-state index contributed by atoms with van der Waals surface area (Å²) in [7, 11) is 0. The maximum atomic E-state index is 3.82. The number of hydrogen-bond donors (Lipinski definition) is 1. The first-order valence-electron chi connectivity index (χ1n) is 8.17. The highest BCUT2D eigenvalue weighted by Gasteiger charge is 2.37. The SMILES string of the molecule is CCCNC(CCC)C(C)(CC)N1CCCCC1. The Morgan fingerprint density at radius 1 is 1.06 bits per heavy atom. The van der Waals surface area contributed by atoms with Crippen LogP contribution < -0.4 is 5.32 Å². The molecule has 0 saturated carbocycles. The van der Waals surface area contributed by atoms with Crippen LogP contribution in [0.4, 0.5) is 0 Å². The number of piperidine rings is 1. The van der Waals surface area contributed by atoms with E-state index < -0.39 is 0 Å². The monoisotopic (exact) mass is 254 g/mol. The zero-order valence-corrected chi connectivity index (χ0v) is 13.1. The Kier molecular flexibility index (Phi) is 7.25. The molecule has 1 fully saturated rings. The lowest BCUT2D eigenvalue weighted by atomic mass is 9.83. The van der Waals surface area contributed by atoms with Gasteiger partial charge in [0.1, 0.15) is 0 Å². The Labute approximate surface area is 115 Å². The van der Waals surface area contributed by atoms with Crippen molar-refractivity contribution in [3.8, 4) is 0 Å². The lowest BCUT2D eigenvalue weighted by Crippen LogP contribution is -2.60. The molecule has 1 aliphatic heterocycles. The van der Waals surface area contributed by atoms with Gasteiger partial charge in [0.25, 0.3) is 0 Å². The van der Waals surface area contributed by atoms with Crippen molar-refractivity contribution in [3.05, 3.63) is 0 Å². The second-order valence-corrected chi connectivity index (χ2v) is 6.05. The Morgan fingerprint density at radius 2 is 1.72 bits per heavy atom. The van der Waals surface area contributed by atoms with Crippen molar-refractivity contribution in [1.82, 2.24) is 10.2 Å². The summed E-state index contributed by atoms with van der Waals surface area (Å²) in [5, 5.41) is 3.82. The van der Waals surface area contributed by atoms with Crippen LogP contribution in [-0.4, -0.2) is 36.1 Å². The summed E-state index contributed by atoms with van der Waals surface area (Å²) in [6.07, 6.45) is 9.29. The minimum Gasteiger partial charge on any atom is -0.312 e. The lowest BCUT2D eigenvalue weighted by molar-refractivity contribution is 0.0400. The van der Waals surface area contributed by atoms with Crippen LogP contribution in [0.1, 0.15) is 72.6 Å². The van der Waals surface area contributed by atoms with Crippen LogP contribution in [0.2, 0.25) is 0 Å². The summed E-state index contributed by atoms with van der Waals surface area (Å²) in [6, 6.07) is 0.658. The van der Waals surface area contributed by atoms with Crippen molar-refractivity contribution >= 4 is 0 Å². The molecule has 0 radical (unpaired) electrons. The predicted octanol–water partition coefficient (Wildman–Crippen LogP) is 3.81. The van der Waals surface area contributed by atoms with Crippen molar-refractivity contribution in [2.24, 2.45) is 0 Å². The van der Waals surface area contributed by atoms with Gasteiger partial charge in [0.05, 0.1) is 0 Å². The van der Waals surface area contributed by atoms with E-state index in [0.717, 1.165) is 6.54 Å². The van der Waals surface area contributed by atoms with E-state index in [1.54, 1.807) is 0 Å². The van der Waals surface area contributed by atoms with Gasteiger partial charge >= 0.3 is 0 Å². The van der Waals surface area contributed by atoms with Crippen molar-refractivity contribution in [2.75, 3.05) is 19.6 Å². The van der Waals surface area contributed by atoms with E-state index in [2.05, 4.69) is 37.9 Å². The fourth-order valence-corrected chi connectivity index (χ4v) is 3.34. The number of nitrogens with zero attached hydrogens (tertiary/aromatic N) is 1. The quantitative estimate of drug-likeness (QED) is 0.708. The molecule has 18 heavy (non-hydrogen) atoms. The van der Waals surface area contributed by atoms with Gasteiger partial charge < -0.3 is 5.32 Å². The fourth-order valence-electron chi connectivity index (χ4n) is 3.34. The van der Waals surface area contributed by atoms with Gasteiger partial charge in [0.15, 0.2) is 0 Å². The molecule has 1 saturated heterocycles. The normalized spacial score (nSPS) is 22.7. The summed E-state index contributed by atoms with van der Waals surface area (Å²) in [5.74, 6) is 0. The number of nitrogens with one attached hydrogen (secondary N) is 1. The van der Waals surface area contributed by atoms with Gasteiger partial charge in [-0.15, -0.1) is 0 Å². The largest absolute Gasteiger partial charge is 0.312 e. The standard InChI is InChI=1S/C16H34N2/c1-5-11-15(17-12-6-2)16(4,7-3)18-13-9-8-10-14-18/h15,17H,5-14H2,1-4H3. The molecule has 2 unspecified atom stereocenters. The zero-order chi connectivity index (χ0) is 13.4. The van der Waals surface area contributed by atoms with Gasteiger partial charge in [-0.2, -0.15) is 0 Å². The second-order valence-electron chi connectivity index (χ2n) is 6.05. The van der Waals surface area contributed by atoms with Gasteiger partial charge in [0.2, 0.25) is 0 Å². The number of hydrogen-bond acceptors (Lipinski definition) is 2. The molecule has 2 nitrogen and oxygen atoms in total. The Hall–Kier alpha value is -0.0800. The molecule has 2 atom stereocenters. The summed E-state index contributed by atoms with van der Waals surface area (Å²) < 4.78 is 0. The van der Waals surface area contributed by atoms with Crippen molar-refractivity contribution < 1.29 is 0 Å². The van der Waals surface area contributed by atoms with Gasteiger partial charge in [-0.25, -0.2) is 0 Å². The first kappa shape index (κ1) is 16.0. The zero-order valence-electron chi connectivity index (χ0n) is 13.1. The van der Waals surface area contributed by atoms with Gasteiger partial charge in [0, 0.05) is 11.6 Å². The molecule has 0 aliphatic carbocycles. The van der Waals surface area contributed by atoms with E-state index in [4.69, 9.17) is 0 Å². The highest BCUT2D eigenvalue weighted by atomic mass is 15.2. The third kappa shape index (κ3) is 3.96. The van der Waals surface area contributed by atoms with Gasteiger partial charge in [-0.05, 0) is 58.7 Å². The lowest BCUT2D eigenvalue weighted by Gasteiger charge is -2.48. The van der Waals surface area contributed by atoms with E-state index in [-0.39, 0.29) is 0 Å². The van der Waals surface area contributed by atoms with Gasteiger partial charge in [-0.3, -0.25) is 4.90 Å². The minimum atomic E-state index is 0.353. The van der Waals surface area contributed by atoms with Crippen LogP contribution in [0.25, 0.3) is 0 Å². The third-order valence-electron chi connectivity index (χ3n) is 4.76. The Balaban J connectivity index is 2.71. The van der Waals surface area contributed by atoms with Gasteiger partial charge in [-0.1, -0.05) is 33.6 Å². The molecule has 108 valence electrons. The van der Waals surface area contributed by atoms with Crippen LogP contribution in [0.15, 0.2) is 0 Å². The molecular weight excluding hydrogens is 220 g/mol. The van der Waals surface area contributed by atoms with E-state index in [0.29, 0.717) is 11.6 Å². The van der Waals surface area contributed by atoms with Crippen molar-refractivity contribution in [1.29, 1.82) is 0 Å². The fraction of sp³-hybridized carbons (Fsp3) is 1.00. The maximum absolute atomic E-state index is 3.82. The second kappa shape index (κ2) is 8.16. The predicted molar refractivity (Wildman–Crippen MR) is 81.1 cm³/mol. The molecule has 1 rings (SSSR count). The molecule has 1 heterocycles. The minimum absolute atomic E-state index is 0.353. The van der Waals surface area contributed by atoms with E-state index in [1.165, 1.54) is 58.0 Å². The maximum Gasteiger partial charge on any atom is 0.0331 e. The average molecular weight is 254 g/mol. The average Bonchev–Trinajstić information content (AvgIpc) is 2.43. The molecule has 2 heteroatoms. The number of likely N-dealkylation sites (tertiary alicyclic amines) is 1. The summed E-state index contributed by atoms with van der Waals surface area (Å²) in [4.78, 5) is 2.76. The molecule has 0 aromatic heterocycles. The molecule has 0 bridgehead atoms. The molecular formula is C16H34N2. The van der Waals surface area contributed by atoms with Crippen molar-refractivity contribution in [2.45, 2.75) is 84.2 Å².